The number of nitrogens with one attached hydrogen (secondary N) is 1. The quantitative estimate of drug-likeness (QED) is 0.626. The molecule has 5 aliphatic rings. The molecular formula is C29H34N4O3. The monoisotopic (exact) mass is 486 g/mol. The largest absolute Gasteiger partial charge is 0.493 e. The number of hydrogen-bond acceptors (Lipinski definition) is 5. The third-order valence-electron chi connectivity index (χ3n) is 8.55. The zero-order chi connectivity index (χ0) is 24.9. The number of hydrogen-bond donors (Lipinski definition) is 2. The van der Waals surface area contributed by atoms with Crippen LogP contribution in [0.3, 0.4) is 0 Å². The molecule has 7 heteroatoms. The average molecular weight is 487 g/mol. The molecule has 0 unspecified atom stereocenters. The minimum absolute atomic E-state index is 0.00403. The van der Waals surface area contributed by atoms with Gasteiger partial charge in [0.1, 0.15) is 5.75 Å². The predicted molar refractivity (Wildman–Crippen MR) is 138 cm³/mol. The van der Waals surface area contributed by atoms with Gasteiger partial charge in [0.25, 0.3) is 5.91 Å². The van der Waals surface area contributed by atoms with Crippen LogP contribution in [-0.2, 0) is 17.6 Å². The molecule has 1 aliphatic carbocycles. The van der Waals surface area contributed by atoms with Crippen molar-refractivity contribution in [2.24, 2.45) is 10.7 Å². The van der Waals surface area contributed by atoms with E-state index in [4.69, 9.17) is 15.5 Å². The van der Waals surface area contributed by atoms with E-state index in [2.05, 4.69) is 30.4 Å². The Morgan fingerprint density at radius 3 is 2.83 bits per heavy atom. The van der Waals surface area contributed by atoms with Crippen LogP contribution in [0.1, 0.15) is 96.6 Å². The van der Waals surface area contributed by atoms with Gasteiger partial charge in [0.05, 0.1) is 30.7 Å². The van der Waals surface area contributed by atoms with Crippen molar-refractivity contribution < 1.29 is 14.3 Å². The molecule has 0 saturated heterocycles. The molecule has 0 fully saturated rings. The van der Waals surface area contributed by atoms with E-state index in [0.717, 1.165) is 50.5 Å². The number of aliphatic imine (C=N–C) groups is 1. The third kappa shape index (κ3) is 3.94. The van der Waals surface area contributed by atoms with Crippen LogP contribution in [-0.4, -0.2) is 34.8 Å². The van der Waals surface area contributed by atoms with E-state index in [1.807, 2.05) is 12.1 Å². The number of ether oxygens (including phenoxy) is 1. The molecule has 2 aromatic carbocycles. The Bertz CT molecular complexity index is 1260. The van der Waals surface area contributed by atoms with Crippen LogP contribution < -0.4 is 15.8 Å². The van der Waals surface area contributed by atoms with Crippen molar-refractivity contribution in [2.75, 3.05) is 6.61 Å². The number of carbonyl (C=O) groups excluding carboxylic acids is 2. The highest BCUT2D eigenvalue weighted by Gasteiger charge is 2.42. The van der Waals surface area contributed by atoms with Crippen LogP contribution >= 0.6 is 0 Å². The van der Waals surface area contributed by atoms with Crippen LogP contribution in [0.15, 0.2) is 41.4 Å². The van der Waals surface area contributed by atoms with Crippen LogP contribution in [0.4, 0.5) is 0 Å². The molecule has 3 atom stereocenters. The summed E-state index contributed by atoms with van der Waals surface area (Å²) in [6.45, 7) is 2.58. The summed E-state index contributed by atoms with van der Waals surface area (Å²) in [6, 6.07) is 12.0. The van der Waals surface area contributed by atoms with Gasteiger partial charge in [-0.25, -0.2) is 4.99 Å². The first kappa shape index (κ1) is 23.1. The first-order valence-electron chi connectivity index (χ1n) is 13.3. The van der Waals surface area contributed by atoms with Gasteiger partial charge in [0.15, 0.2) is 5.96 Å². The third-order valence-corrected chi connectivity index (χ3v) is 8.55. The highest BCUT2D eigenvalue weighted by molar-refractivity contribution is 6.00. The molecule has 6 bridgehead atoms. The molecule has 188 valence electrons. The van der Waals surface area contributed by atoms with E-state index in [1.165, 1.54) is 16.7 Å². The van der Waals surface area contributed by atoms with E-state index < -0.39 is 5.54 Å². The van der Waals surface area contributed by atoms with Gasteiger partial charge in [-0.05, 0) is 73.4 Å². The second-order valence-corrected chi connectivity index (χ2v) is 10.7. The summed E-state index contributed by atoms with van der Waals surface area (Å²) >= 11 is 0. The number of benzene rings is 2. The molecular weight excluding hydrogens is 452 g/mol. The maximum absolute atomic E-state index is 13.6. The Kier molecular flexibility index (Phi) is 5.73. The minimum Gasteiger partial charge on any atom is -0.493 e. The van der Waals surface area contributed by atoms with Crippen LogP contribution in [0, 0.1) is 0 Å². The van der Waals surface area contributed by atoms with Gasteiger partial charge >= 0.3 is 0 Å². The Morgan fingerprint density at radius 1 is 1.11 bits per heavy atom. The molecule has 7 rings (SSSR count). The summed E-state index contributed by atoms with van der Waals surface area (Å²) in [4.78, 5) is 33.5. The lowest BCUT2D eigenvalue weighted by Gasteiger charge is -2.42. The van der Waals surface area contributed by atoms with Crippen molar-refractivity contribution in [3.63, 3.8) is 0 Å². The number of nitrogens with zero attached hydrogens (tertiary/aromatic N) is 2. The van der Waals surface area contributed by atoms with Crippen molar-refractivity contribution in [1.29, 1.82) is 0 Å². The number of carbonyl (C=O) groups is 2. The predicted octanol–water partition coefficient (Wildman–Crippen LogP) is 4.35. The lowest BCUT2D eigenvalue weighted by molar-refractivity contribution is -0.132. The molecule has 4 aliphatic heterocycles. The minimum atomic E-state index is -0.443. The molecule has 0 aromatic heterocycles. The molecule has 7 nitrogen and oxygen atoms in total. The Labute approximate surface area is 212 Å². The van der Waals surface area contributed by atoms with E-state index >= 15 is 0 Å². The lowest BCUT2D eigenvalue weighted by atomic mass is 9.84. The summed E-state index contributed by atoms with van der Waals surface area (Å²) in [6.07, 6.45) is 7.47. The highest BCUT2D eigenvalue weighted by Crippen LogP contribution is 2.41. The summed E-state index contributed by atoms with van der Waals surface area (Å²) in [5.74, 6) is 0.876. The van der Waals surface area contributed by atoms with Crippen LogP contribution in [0.25, 0.3) is 0 Å². The Hall–Kier alpha value is -3.35. The zero-order valence-corrected chi connectivity index (χ0v) is 20.9. The van der Waals surface area contributed by atoms with Crippen molar-refractivity contribution in [3.05, 3.63) is 64.2 Å². The maximum atomic E-state index is 13.6. The van der Waals surface area contributed by atoms with Crippen molar-refractivity contribution >= 4 is 17.8 Å². The van der Waals surface area contributed by atoms with Crippen molar-refractivity contribution in [2.45, 2.75) is 82.3 Å². The molecule has 0 saturated carbocycles. The fourth-order valence-corrected chi connectivity index (χ4v) is 6.46. The van der Waals surface area contributed by atoms with Crippen molar-refractivity contribution in [3.8, 4) is 5.75 Å². The molecule has 36 heavy (non-hydrogen) atoms. The molecule has 2 amide bonds. The summed E-state index contributed by atoms with van der Waals surface area (Å²) in [7, 11) is 0. The van der Waals surface area contributed by atoms with E-state index in [-0.39, 0.29) is 29.9 Å². The van der Waals surface area contributed by atoms with Gasteiger partial charge in [-0.1, -0.05) is 31.5 Å². The molecule has 4 heterocycles. The molecule has 2 aromatic rings. The van der Waals surface area contributed by atoms with Gasteiger partial charge in [0.2, 0.25) is 5.91 Å². The average Bonchev–Trinajstić information content (AvgIpc) is 3.27. The molecule has 3 N–H and O–H groups in total. The first-order valence-corrected chi connectivity index (χ1v) is 13.3. The zero-order valence-electron chi connectivity index (χ0n) is 20.9. The normalized spacial score (nSPS) is 27.6. The number of amides is 2. The Balaban J connectivity index is 1.42. The number of nitrogens with two attached hydrogens (primary N) is 1. The SMILES string of the molecule is CC[C@@]12CCCCc3ccc4c(c3)[C@H](CC4)NC(=O)c3ccc4c(c3)[C@@H](CCO4)N(C(=O)C1)C(N)=N2. The second kappa shape index (κ2) is 8.95. The Morgan fingerprint density at radius 2 is 2.00 bits per heavy atom. The standard InChI is InChI=1S/C29H34N4O3/c1-2-29-13-4-3-5-18-6-7-19-8-10-23(21(19)15-18)31-27(35)20-9-11-25-22(16-20)24(12-14-36-25)33(26(34)17-29)28(30)32-29/h6-7,9,11,15-16,23-24H,2-5,8,10,12-14,17H2,1H3,(H2,30,32)(H,31,35)/t23-,24+,29+/m0/s1. The first-order chi connectivity index (χ1) is 17.5. The fraction of sp³-hybridized carbons (Fsp3) is 0.483. The lowest BCUT2D eigenvalue weighted by Crippen LogP contribution is -2.53. The highest BCUT2D eigenvalue weighted by atomic mass is 16.5. The van der Waals surface area contributed by atoms with Crippen LogP contribution in [0.5, 0.6) is 5.75 Å². The van der Waals surface area contributed by atoms with Gasteiger partial charge in [-0.2, -0.15) is 0 Å². The molecule has 0 spiro atoms. The maximum Gasteiger partial charge on any atom is 0.251 e. The number of rotatable bonds is 1. The van der Waals surface area contributed by atoms with Gasteiger partial charge in [-0.3, -0.25) is 14.5 Å². The number of fused-ring (bicyclic) bond motifs is 5. The smallest absolute Gasteiger partial charge is 0.251 e. The van der Waals surface area contributed by atoms with Crippen LogP contribution in [0.2, 0.25) is 0 Å². The van der Waals surface area contributed by atoms with Gasteiger partial charge in [0, 0.05) is 17.5 Å². The number of guanidine groups is 1. The summed E-state index contributed by atoms with van der Waals surface area (Å²) < 4.78 is 5.90. The van der Waals surface area contributed by atoms with E-state index in [0.29, 0.717) is 30.8 Å². The number of aryl methyl sites for hydroxylation is 2. The van der Waals surface area contributed by atoms with E-state index in [1.54, 1.807) is 11.0 Å². The van der Waals surface area contributed by atoms with Gasteiger partial charge < -0.3 is 15.8 Å². The summed E-state index contributed by atoms with van der Waals surface area (Å²) in [5, 5.41) is 3.27. The topological polar surface area (TPSA) is 97.0 Å². The van der Waals surface area contributed by atoms with Crippen molar-refractivity contribution in [1.82, 2.24) is 10.2 Å². The molecule has 0 radical (unpaired) electrons. The van der Waals surface area contributed by atoms with E-state index in [9.17, 15) is 9.59 Å². The fourth-order valence-electron chi connectivity index (χ4n) is 6.46. The second-order valence-electron chi connectivity index (χ2n) is 10.7. The van der Waals surface area contributed by atoms with Gasteiger partial charge in [-0.15, -0.1) is 0 Å². The summed E-state index contributed by atoms with van der Waals surface area (Å²) in [5.41, 5.74) is 11.3.